The summed E-state index contributed by atoms with van der Waals surface area (Å²) in [7, 11) is 0. The van der Waals surface area contributed by atoms with Crippen LogP contribution < -0.4 is 16.6 Å². The van der Waals surface area contributed by atoms with Gasteiger partial charge in [-0.25, -0.2) is 10.8 Å². The molecule has 0 bridgehead atoms. The minimum Gasteiger partial charge on any atom is -0.322 e. The topological polar surface area (TPSA) is 80.0 Å². The number of benzene rings is 1. The van der Waals surface area contributed by atoms with Gasteiger partial charge < -0.3 is 10.7 Å². The zero-order chi connectivity index (χ0) is 15.4. The summed E-state index contributed by atoms with van der Waals surface area (Å²) < 4.78 is 0. The van der Waals surface area contributed by atoms with Gasteiger partial charge in [-0.15, -0.1) is 0 Å². The Hall–Kier alpha value is -2.11. The first-order chi connectivity index (χ1) is 9.99. The number of halogens is 1. The highest BCUT2D eigenvalue weighted by Gasteiger charge is 2.12. The number of nitrogens with two attached hydrogens (primary N) is 1. The van der Waals surface area contributed by atoms with Gasteiger partial charge in [0.1, 0.15) is 5.82 Å². The van der Waals surface area contributed by atoms with Gasteiger partial charge in [0, 0.05) is 22.0 Å². The molecule has 0 fully saturated rings. The van der Waals surface area contributed by atoms with Crippen molar-refractivity contribution in [1.82, 2.24) is 4.98 Å². The highest BCUT2D eigenvalue weighted by molar-refractivity contribution is 6.30. The van der Waals surface area contributed by atoms with Crippen molar-refractivity contribution in [2.24, 2.45) is 5.84 Å². The first-order valence-corrected chi connectivity index (χ1v) is 6.93. The quantitative estimate of drug-likeness (QED) is 0.597. The molecule has 4 N–H and O–H groups in total. The fourth-order valence-electron chi connectivity index (χ4n) is 1.82. The van der Waals surface area contributed by atoms with Crippen molar-refractivity contribution in [3.05, 3.63) is 52.7 Å². The van der Waals surface area contributed by atoms with Crippen molar-refractivity contribution in [2.75, 3.05) is 10.7 Å². The molecule has 0 spiro atoms. The zero-order valence-electron chi connectivity index (χ0n) is 11.9. The first kappa shape index (κ1) is 15.3. The lowest BCUT2D eigenvalue weighted by atomic mass is 10.1. The lowest BCUT2D eigenvalue weighted by Crippen LogP contribution is -2.16. The van der Waals surface area contributed by atoms with Crippen LogP contribution in [0.5, 0.6) is 0 Å². The summed E-state index contributed by atoms with van der Waals surface area (Å²) in [5, 5.41) is 3.36. The first-order valence-electron chi connectivity index (χ1n) is 6.55. The van der Waals surface area contributed by atoms with E-state index in [4.69, 9.17) is 17.4 Å². The molecule has 0 unspecified atom stereocenters. The summed E-state index contributed by atoms with van der Waals surface area (Å²) in [6.45, 7) is 4.00. The number of pyridine rings is 1. The maximum atomic E-state index is 12.3. The van der Waals surface area contributed by atoms with Crippen LogP contribution in [0.25, 0.3) is 0 Å². The molecule has 0 saturated carbocycles. The third-order valence-electron chi connectivity index (χ3n) is 2.93. The number of hydrazine groups is 1. The lowest BCUT2D eigenvalue weighted by Gasteiger charge is -2.11. The summed E-state index contributed by atoms with van der Waals surface area (Å²) in [5.41, 5.74) is 4.40. The number of anilines is 2. The summed E-state index contributed by atoms with van der Waals surface area (Å²) in [5.74, 6) is 5.81. The van der Waals surface area contributed by atoms with E-state index in [-0.39, 0.29) is 11.8 Å². The van der Waals surface area contributed by atoms with Crippen molar-refractivity contribution in [3.8, 4) is 0 Å². The molecule has 0 radical (unpaired) electrons. The van der Waals surface area contributed by atoms with E-state index in [9.17, 15) is 4.79 Å². The van der Waals surface area contributed by atoms with Crippen molar-refractivity contribution in [1.29, 1.82) is 0 Å². The highest BCUT2D eigenvalue weighted by atomic mass is 35.5. The molecule has 21 heavy (non-hydrogen) atoms. The zero-order valence-corrected chi connectivity index (χ0v) is 12.6. The fourth-order valence-corrected chi connectivity index (χ4v) is 2.01. The molecular formula is C15H17ClN4O. The smallest absolute Gasteiger partial charge is 0.255 e. The van der Waals surface area contributed by atoms with Crippen LogP contribution in [-0.4, -0.2) is 10.9 Å². The largest absolute Gasteiger partial charge is 0.322 e. The Balaban J connectivity index is 2.28. The highest BCUT2D eigenvalue weighted by Crippen LogP contribution is 2.19. The predicted molar refractivity (Wildman–Crippen MR) is 85.5 cm³/mol. The van der Waals surface area contributed by atoms with Crippen LogP contribution in [-0.2, 0) is 0 Å². The van der Waals surface area contributed by atoms with Gasteiger partial charge in [-0.1, -0.05) is 31.5 Å². The van der Waals surface area contributed by atoms with Crippen molar-refractivity contribution in [2.45, 2.75) is 19.8 Å². The molecule has 0 aliphatic heterocycles. The van der Waals surface area contributed by atoms with Crippen LogP contribution >= 0.6 is 11.6 Å². The Kier molecular flexibility index (Phi) is 4.77. The lowest BCUT2D eigenvalue weighted by molar-refractivity contribution is 0.102. The van der Waals surface area contributed by atoms with Gasteiger partial charge in [0.15, 0.2) is 0 Å². The van der Waals surface area contributed by atoms with E-state index in [0.717, 1.165) is 5.69 Å². The Morgan fingerprint density at radius 1 is 1.29 bits per heavy atom. The third kappa shape index (κ3) is 3.93. The molecule has 0 aliphatic rings. The summed E-state index contributed by atoms with van der Waals surface area (Å²) in [6.07, 6.45) is 0. The molecule has 0 atom stereocenters. The third-order valence-corrected chi connectivity index (χ3v) is 3.16. The monoisotopic (exact) mass is 304 g/mol. The van der Waals surface area contributed by atoms with E-state index in [1.807, 2.05) is 13.8 Å². The number of carbonyl (C=O) groups excluding carboxylic acids is 1. The number of hydrogen-bond acceptors (Lipinski definition) is 4. The van der Waals surface area contributed by atoms with Gasteiger partial charge in [0.05, 0.1) is 0 Å². The molecule has 1 amide bonds. The Morgan fingerprint density at radius 3 is 2.67 bits per heavy atom. The van der Waals surface area contributed by atoms with Crippen LogP contribution in [0.4, 0.5) is 11.5 Å². The van der Waals surface area contributed by atoms with E-state index in [2.05, 4.69) is 15.7 Å². The summed E-state index contributed by atoms with van der Waals surface area (Å²) in [4.78, 5) is 16.6. The van der Waals surface area contributed by atoms with Gasteiger partial charge in [-0.3, -0.25) is 4.79 Å². The minimum absolute atomic E-state index is 0.191. The maximum absolute atomic E-state index is 12.3. The number of nitrogens with one attached hydrogen (secondary N) is 2. The Bertz CT molecular complexity index is 658. The van der Waals surface area contributed by atoms with Crippen molar-refractivity contribution < 1.29 is 4.79 Å². The predicted octanol–water partition coefficient (Wildman–Crippen LogP) is 3.40. The number of rotatable bonds is 4. The van der Waals surface area contributed by atoms with Crippen LogP contribution in [0.3, 0.4) is 0 Å². The minimum atomic E-state index is -0.238. The second-order valence-corrected chi connectivity index (χ2v) is 5.37. The number of nitrogens with zero attached hydrogens (tertiary/aromatic N) is 1. The van der Waals surface area contributed by atoms with Crippen LogP contribution in [0, 0.1) is 0 Å². The van der Waals surface area contributed by atoms with E-state index >= 15 is 0 Å². The van der Waals surface area contributed by atoms with Gasteiger partial charge in [-0.05, 0) is 36.2 Å². The number of amides is 1. The molecule has 1 heterocycles. The Morgan fingerprint density at radius 2 is 2.05 bits per heavy atom. The molecule has 1 aromatic heterocycles. The van der Waals surface area contributed by atoms with E-state index in [1.165, 1.54) is 0 Å². The molecule has 5 nitrogen and oxygen atoms in total. The number of nitrogen functional groups attached to an aromatic ring is 1. The average molecular weight is 305 g/mol. The maximum Gasteiger partial charge on any atom is 0.255 e. The number of aromatic nitrogens is 1. The molecule has 110 valence electrons. The molecule has 0 saturated heterocycles. The van der Waals surface area contributed by atoms with E-state index in [1.54, 1.807) is 36.4 Å². The molecule has 6 heteroatoms. The van der Waals surface area contributed by atoms with Gasteiger partial charge >= 0.3 is 0 Å². The SMILES string of the molecule is CC(C)c1cc(C(=O)Nc2cccc(Cl)c2)cc(NN)n1. The number of hydrogen-bond donors (Lipinski definition) is 3. The standard InChI is InChI=1S/C15H17ClN4O/c1-9(2)13-6-10(7-14(19-13)20-17)15(21)18-12-5-3-4-11(16)8-12/h3-9H,17H2,1-2H3,(H,18,21)(H,19,20). The molecule has 2 aromatic rings. The normalized spacial score (nSPS) is 10.5. The van der Waals surface area contributed by atoms with Crippen molar-refractivity contribution in [3.63, 3.8) is 0 Å². The molecule has 0 aliphatic carbocycles. The number of carbonyl (C=O) groups is 1. The van der Waals surface area contributed by atoms with Crippen LogP contribution in [0.15, 0.2) is 36.4 Å². The second-order valence-electron chi connectivity index (χ2n) is 4.93. The van der Waals surface area contributed by atoms with Crippen molar-refractivity contribution >= 4 is 29.0 Å². The summed E-state index contributed by atoms with van der Waals surface area (Å²) in [6, 6.07) is 10.3. The summed E-state index contributed by atoms with van der Waals surface area (Å²) >= 11 is 5.90. The van der Waals surface area contributed by atoms with Crippen LogP contribution in [0.2, 0.25) is 5.02 Å². The fraction of sp³-hybridized carbons (Fsp3) is 0.200. The van der Waals surface area contributed by atoms with Gasteiger partial charge in [-0.2, -0.15) is 0 Å². The van der Waals surface area contributed by atoms with Crippen LogP contribution in [0.1, 0.15) is 35.8 Å². The van der Waals surface area contributed by atoms with Gasteiger partial charge in [0.2, 0.25) is 0 Å². The molecule has 1 aromatic carbocycles. The average Bonchev–Trinajstić information content (AvgIpc) is 2.46. The molecular weight excluding hydrogens is 288 g/mol. The molecule has 2 rings (SSSR count). The Labute approximate surface area is 128 Å². The van der Waals surface area contributed by atoms with E-state index in [0.29, 0.717) is 22.1 Å². The second kappa shape index (κ2) is 6.56. The van der Waals surface area contributed by atoms with E-state index < -0.39 is 0 Å². The van der Waals surface area contributed by atoms with Gasteiger partial charge in [0.25, 0.3) is 5.91 Å².